The number of aromatic nitrogens is 3. The van der Waals surface area contributed by atoms with Gasteiger partial charge >= 0.3 is 5.69 Å². The summed E-state index contributed by atoms with van der Waals surface area (Å²) in [6.45, 7) is 4.11. The van der Waals surface area contributed by atoms with Crippen LogP contribution >= 0.6 is 27.5 Å². The first-order chi connectivity index (χ1) is 9.38. The van der Waals surface area contributed by atoms with Gasteiger partial charge in [0.05, 0.1) is 15.6 Å². The lowest BCUT2D eigenvalue weighted by Crippen LogP contribution is -2.12. The zero-order valence-corrected chi connectivity index (χ0v) is 13.1. The second-order valence-electron chi connectivity index (χ2n) is 4.58. The molecule has 2 heterocycles. The summed E-state index contributed by atoms with van der Waals surface area (Å²) in [5.74, 6) is 1.12. The van der Waals surface area contributed by atoms with Gasteiger partial charge in [0.1, 0.15) is 5.82 Å². The SMILES string of the molecule is CC(C)Cc1nsc(-n2cc(Br)c(=O)c([N+](=O)[O-])c2)n1. The topological polar surface area (TPSA) is 90.9 Å². The van der Waals surface area contributed by atoms with E-state index in [2.05, 4.69) is 39.1 Å². The third-order valence-electron chi connectivity index (χ3n) is 2.43. The Balaban J connectivity index is 2.45. The van der Waals surface area contributed by atoms with Crippen LogP contribution in [0.15, 0.2) is 21.7 Å². The van der Waals surface area contributed by atoms with Crippen molar-refractivity contribution < 1.29 is 4.92 Å². The normalized spacial score (nSPS) is 11.0. The van der Waals surface area contributed by atoms with E-state index in [1.165, 1.54) is 10.8 Å². The van der Waals surface area contributed by atoms with E-state index in [-0.39, 0.29) is 4.47 Å². The van der Waals surface area contributed by atoms with Crippen LogP contribution in [0.25, 0.3) is 5.13 Å². The van der Waals surface area contributed by atoms with Gasteiger partial charge in [0.2, 0.25) is 5.13 Å². The van der Waals surface area contributed by atoms with Crippen LogP contribution in [0.5, 0.6) is 0 Å². The molecule has 0 bridgehead atoms. The second kappa shape index (κ2) is 5.80. The van der Waals surface area contributed by atoms with Crippen molar-refractivity contribution in [2.24, 2.45) is 5.92 Å². The summed E-state index contributed by atoms with van der Waals surface area (Å²) in [6, 6.07) is 0. The van der Waals surface area contributed by atoms with Gasteiger partial charge in [-0.25, -0.2) is 4.98 Å². The van der Waals surface area contributed by atoms with Crippen LogP contribution in [0.3, 0.4) is 0 Å². The highest BCUT2D eigenvalue weighted by Crippen LogP contribution is 2.18. The van der Waals surface area contributed by atoms with Crippen LogP contribution in [0.4, 0.5) is 5.69 Å². The molecule has 0 saturated carbocycles. The fraction of sp³-hybridized carbons (Fsp3) is 0.364. The van der Waals surface area contributed by atoms with Crippen LogP contribution in [0.2, 0.25) is 0 Å². The monoisotopic (exact) mass is 358 g/mol. The number of nitro groups is 1. The number of hydrogen-bond donors (Lipinski definition) is 0. The molecule has 0 aliphatic carbocycles. The lowest BCUT2D eigenvalue weighted by molar-refractivity contribution is -0.386. The largest absolute Gasteiger partial charge is 0.333 e. The Kier molecular flexibility index (Phi) is 4.29. The Morgan fingerprint density at radius 2 is 2.20 bits per heavy atom. The summed E-state index contributed by atoms with van der Waals surface area (Å²) in [6.07, 6.45) is 3.35. The maximum atomic E-state index is 11.6. The Morgan fingerprint density at radius 1 is 1.50 bits per heavy atom. The molecule has 0 unspecified atom stereocenters. The lowest BCUT2D eigenvalue weighted by atomic mass is 10.1. The highest BCUT2D eigenvalue weighted by atomic mass is 79.9. The zero-order valence-electron chi connectivity index (χ0n) is 10.7. The van der Waals surface area contributed by atoms with Crippen molar-refractivity contribution >= 4 is 33.1 Å². The van der Waals surface area contributed by atoms with Gasteiger partial charge in [-0.2, -0.15) is 4.37 Å². The quantitative estimate of drug-likeness (QED) is 0.618. The molecule has 0 radical (unpaired) electrons. The Hall–Kier alpha value is -1.61. The molecule has 0 amide bonds. The van der Waals surface area contributed by atoms with Crippen LogP contribution in [-0.2, 0) is 6.42 Å². The molecule has 0 N–H and O–H groups in total. The highest BCUT2D eigenvalue weighted by molar-refractivity contribution is 9.10. The molecule has 0 fully saturated rings. The molecule has 0 saturated heterocycles. The van der Waals surface area contributed by atoms with Crippen LogP contribution in [0.1, 0.15) is 19.7 Å². The molecular weight excluding hydrogens is 348 g/mol. The first kappa shape index (κ1) is 14.8. The number of rotatable bonds is 4. The summed E-state index contributed by atoms with van der Waals surface area (Å²) in [5.41, 5.74) is -1.15. The predicted molar refractivity (Wildman–Crippen MR) is 78.4 cm³/mol. The van der Waals surface area contributed by atoms with E-state index in [0.29, 0.717) is 16.9 Å². The fourth-order valence-corrected chi connectivity index (χ4v) is 2.64. The number of hydrogen-bond acceptors (Lipinski definition) is 6. The predicted octanol–water partition coefficient (Wildman–Crippen LogP) is 2.56. The van der Waals surface area contributed by atoms with E-state index in [1.807, 2.05) is 0 Å². The van der Waals surface area contributed by atoms with Crippen LogP contribution in [0, 0.1) is 16.0 Å². The first-order valence-electron chi connectivity index (χ1n) is 5.77. The maximum Gasteiger partial charge on any atom is 0.333 e. The van der Waals surface area contributed by atoms with E-state index < -0.39 is 16.0 Å². The van der Waals surface area contributed by atoms with E-state index in [9.17, 15) is 14.9 Å². The molecule has 7 nitrogen and oxygen atoms in total. The molecule has 2 aromatic rings. The van der Waals surface area contributed by atoms with Gasteiger partial charge in [-0.15, -0.1) is 0 Å². The molecular formula is C11H11BrN4O3S. The summed E-state index contributed by atoms with van der Waals surface area (Å²) in [7, 11) is 0. The van der Waals surface area contributed by atoms with Gasteiger partial charge in [-0.05, 0) is 21.8 Å². The van der Waals surface area contributed by atoms with Crippen molar-refractivity contribution in [2.75, 3.05) is 0 Å². The third kappa shape index (κ3) is 3.10. The highest BCUT2D eigenvalue weighted by Gasteiger charge is 2.18. The number of pyridine rings is 1. The van der Waals surface area contributed by atoms with Gasteiger partial charge in [-0.1, -0.05) is 13.8 Å². The molecule has 2 aromatic heterocycles. The van der Waals surface area contributed by atoms with Gasteiger partial charge in [0.15, 0.2) is 0 Å². The van der Waals surface area contributed by atoms with E-state index in [0.717, 1.165) is 24.2 Å². The molecule has 9 heteroatoms. The van der Waals surface area contributed by atoms with Crippen LogP contribution < -0.4 is 5.43 Å². The van der Waals surface area contributed by atoms with Crippen molar-refractivity contribution in [1.29, 1.82) is 0 Å². The average molecular weight is 359 g/mol. The van der Waals surface area contributed by atoms with Crippen molar-refractivity contribution in [1.82, 2.24) is 13.9 Å². The molecule has 20 heavy (non-hydrogen) atoms. The minimum atomic E-state index is -0.709. The third-order valence-corrected chi connectivity index (χ3v) is 3.76. The molecule has 0 aliphatic rings. The summed E-state index contributed by atoms with van der Waals surface area (Å²) in [5, 5.41) is 11.3. The summed E-state index contributed by atoms with van der Waals surface area (Å²) < 4.78 is 5.76. The minimum Gasteiger partial charge on any atom is -0.290 e. The Bertz CT molecular complexity index is 710. The van der Waals surface area contributed by atoms with Crippen molar-refractivity contribution in [3.8, 4) is 5.13 Å². The van der Waals surface area contributed by atoms with Gasteiger partial charge in [-0.3, -0.25) is 19.5 Å². The molecule has 0 atom stereocenters. The van der Waals surface area contributed by atoms with Crippen molar-refractivity contribution in [2.45, 2.75) is 20.3 Å². The number of nitrogens with zero attached hydrogens (tertiary/aromatic N) is 4. The zero-order chi connectivity index (χ0) is 14.9. The Labute approximate surface area is 126 Å². The van der Waals surface area contributed by atoms with Gasteiger partial charge in [0, 0.05) is 24.2 Å². The van der Waals surface area contributed by atoms with Crippen molar-refractivity contribution in [3.05, 3.63) is 43.0 Å². The molecule has 0 aromatic carbocycles. The summed E-state index contributed by atoms with van der Waals surface area (Å²) >= 11 is 4.16. The van der Waals surface area contributed by atoms with Crippen molar-refractivity contribution in [3.63, 3.8) is 0 Å². The molecule has 0 spiro atoms. The fourth-order valence-electron chi connectivity index (χ4n) is 1.57. The minimum absolute atomic E-state index is 0.118. The second-order valence-corrected chi connectivity index (χ2v) is 6.16. The summed E-state index contributed by atoms with van der Waals surface area (Å²) in [4.78, 5) is 26.1. The van der Waals surface area contributed by atoms with E-state index in [1.54, 1.807) is 0 Å². The first-order valence-corrected chi connectivity index (χ1v) is 7.34. The van der Waals surface area contributed by atoms with Gasteiger partial charge < -0.3 is 0 Å². The average Bonchev–Trinajstić information content (AvgIpc) is 2.79. The smallest absolute Gasteiger partial charge is 0.290 e. The molecule has 106 valence electrons. The van der Waals surface area contributed by atoms with E-state index in [4.69, 9.17) is 0 Å². The Morgan fingerprint density at radius 3 is 2.80 bits per heavy atom. The lowest BCUT2D eigenvalue weighted by Gasteiger charge is -2.02. The molecule has 2 rings (SSSR count). The maximum absolute atomic E-state index is 11.6. The number of halogens is 1. The molecule has 0 aliphatic heterocycles. The van der Waals surface area contributed by atoms with Gasteiger partial charge in [0.25, 0.3) is 5.43 Å². The standard InChI is InChI=1S/C11H11BrN4O3S/c1-6(2)3-9-13-11(20-14-9)15-4-7(12)10(17)8(5-15)16(18)19/h4-6H,3H2,1-2H3. The van der Waals surface area contributed by atoms with E-state index >= 15 is 0 Å². The van der Waals surface area contributed by atoms with Crippen LogP contribution in [-0.4, -0.2) is 18.8 Å².